The summed E-state index contributed by atoms with van der Waals surface area (Å²) in [5.41, 5.74) is 3.04. The highest BCUT2D eigenvalue weighted by atomic mass is 32.1. The zero-order chi connectivity index (χ0) is 16.0. The lowest BCUT2D eigenvalue weighted by Crippen LogP contribution is -2.00. The summed E-state index contributed by atoms with van der Waals surface area (Å²) >= 11 is 2.61. The summed E-state index contributed by atoms with van der Waals surface area (Å²) < 4.78 is 1.81. The molecule has 0 bridgehead atoms. The van der Waals surface area contributed by atoms with Crippen molar-refractivity contribution in [2.75, 3.05) is 0 Å². The Morgan fingerprint density at radius 3 is 2.78 bits per heavy atom. The summed E-state index contributed by atoms with van der Waals surface area (Å²) in [5, 5.41) is 9.82. The lowest BCUT2D eigenvalue weighted by Gasteiger charge is -2.03. The molecule has 7 heteroatoms. The van der Waals surface area contributed by atoms with Gasteiger partial charge in [-0.3, -0.25) is 9.59 Å². The van der Waals surface area contributed by atoms with Gasteiger partial charge in [-0.05, 0) is 29.8 Å². The molecule has 0 aliphatic rings. The second-order valence-electron chi connectivity index (χ2n) is 5.09. The van der Waals surface area contributed by atoms with Crippen LogP contribution in [0.5, 0.6) is 0 Å². The highest BCUT2D eigenvalue weighted by Crippen LogP contribution is 2.35. The van der Waals surface area contributed by atoms with Crippen molar-refractivity contribution >= 4 is 49.1 Å². The molecule has 2 aromatic carbocycles. The van der Waals surface area contributed by atoms with E-state index >= 15 is 0 Å². The summed E-state index contributed by atoms with van der Waals surface area (Å²) in [6.07, 6.45) is -0.0834. The van der Waals surface area contributed by atoms with Crippen molar-refractivity contribution in [3.63, 3.8) is 0 Å². The third-order valence-electron chi connectivity index (χ3n) is 3.47. The van der Waals surface area contributed by atoms with Gasteiger partial charge in [0.05, 0.1) is 26.9 Å². The zero-order valence-electron chi connectivity index (χ0n) is 11.7. The zero-order valence-corrected chi connectivity index (χ0v) is 13.3. The maximum absolute atomic E-state index is 11.7. The third-order valence-corrected chi connectivity index (χ3v) is 5.37. The first-order valence-electron chi connectivity index (χ1n) is 6.83. The summed E-state index contributed by atoms with van der Waals surface area (Å²) in [7, 11) is 0. The van der Waals surface area contributed by atoms with Gasteiger partial charge in [0.25, 0.3) is 0 Å². The molecule has 0 aliphatic carbocycles. The number of carbonyl (C=O) groups is 1. The molecule has 5 nitrogen and oxygen atoms in total. The van der Waals surface area contributed by atoms with E-state index < -0.39 is 5.97 Å². The summed E-state index contributed by atoms with van der Waals surface area (Å²) in [6.45, 7) is 0. The van der Waals surface area contributed by atoms with E-state index in [9.17, 15) is 9.59 Å². The first-order valence-corrected chi connectivity index (χ1v) is 8.47. The van der Waals surface area contributed by atoms with Crippen LogP contribution in [0, 0.1) is 0 Å². The minimum atomic E-state index is -0.900. The van der Waals surface area contributed by atoms with Crippen molar-refractivity contribution in [3.05, 3.63) is 51.6 Å². The minimum absolute atomic E-state index is 0.0834. The average molecular weight is 342 g/mol. The number of para-hydroxylation sites is 1. The van der Waals surface area contributed by atoms with Crippen LogP contribution in [0.15, 0.2) is 41.2 Å². The lowest BCUT2D eigenvalue weighted by atomic mass is 10.1. The average Bonchev–Trinajstić information content (AvgIpc) is 3.07. The Morgan fingerprint density at radius 2 is 2.00 bits per heavy atom. The second-order valence-corrected chi connectivity index (χ2v) is 7.13. The van der Waals surface area contributed by atoms with E-state index in [0.717, 1.165) is 36.8 Å². The Labute approximate surface area is 137 Å². The number of aliphatic carboxylic acids is 1. The van der Waals surface area contributed by atoms with Crippen LogP contribution in [0.2, 0.25) is 0 Å². The van der Waals surface area contributed by atoms with Crippen molar-refractivity contribution in [2.24, 2.45) is 0 Å². The number of nitrogens with one attached hydrogen (secondary N) is 1. The van der Waals surface area contributed by atoms with Crippen LogP contribution in [0.1, 0.15) is 5.56 Å². The molecule has 0 spiro atoms. The molecule has 114 valence electrons. The number of hydrogen-bond donors (Lipinski definition) is 2. The van der Waals surface area contributed by atoms with E-state index in [-0.39, 0.29) is 11.3 Å². The fourth-order valence-corrected chi connectivity index (χ4v) is 4.36. The molecule has 2 N–H and O–H groups in total. The Balaban J connectivity index is 1.99. The molecular formula is C16H10N2O3S2. The number of hydrogen-bond acceptors (Lipinski definition) is 5. The molecule has 0 atom stereocenters. The van der Waals surface area contributed by atoms with Crippen molar-refractivity contribution in [1.29, 1.82) is 0 Å². The van der Waals surface area contributed by atoms with E-state index in [4.69, 9.17) is 5.11 Å². The number of thiazole rings is 2. The van der Waals surface area contributed by atoms with Crippen LogP contribution in [0.25, 0.3) is 31.0 Å². The molecule has 0 unspecified atom stereocenters. The lowest BCUT2D eigenvalue weighted by molar-refractivity contribution is -0.136. The number of carboxylic acid groups (broad SMARTS) is 1. The second kappa shape index (κ2) is 5.29. The number of H-pyrrole nitrogens is 1. The first-order chi connectivity index (χ1) is 11.1. The van der Waals surface area contributed by atoms with Gasteiger partial charge < -0.3 is 10.1 Å². The SMILES string of the molecule is O=C(O)Cc1cc(-c2nc3ccccc3s2)c2[nH]c(=O)sc2c1. The maximum Gasteiger partial charge on any atom is 0.307 e. The number of fused-ring (bicyclic) bond motifs is 2. The van der Waals surface area contributed by atoms with Gasteiger partial charge in [-0.25, -0.2) is 4.98 Å². The Bertz CT molecular complexity index is 1070. The van der Waals surface area contributed by atoms with E-state index in [2.05, 4.69) is 9.97 Å². The number of aromatic amines is 1. The van der Waals surface area contributed by atoms with Crippen LogP contribution in [-0.4, -0.2) is 21.0 Å². The molecule has 2 aromatic heterocycles. The van der Waals surface area contributed by atoms with Crippen LogP contribution in [0.3, 0.4) is 0 Å². The van der Waals surface area contributed by atoms with E-state index in [1.54, 1.807) is 12.1 Å². The van der Waals surface area contributed by atoms with E-state index in [1.165, 1.54) is 11.3 Å². The molecule has 0 fully saturated rings. The van der Waals surface area contributed by atoms with Crippen molar-refractivity contribution in [3.8, 4) is 10.6 Å². The van der Waals surface area contributed by atoms with Crippen LogP contribution >= 0.6 is 22.7 Å². The Hall–Kier alpha value is -2.51. The topological polar surface area (TPSA) is 83.0 Å². The highest BCUT2D eigenvalue weighted by Gasteiger charge is 2.15. The third kappa shape index (κ3) is 2.54. The fourth-order valence-electron chi connectivity index (χ4n) is 2.54. The predicted molar refractivity (Wildman–Crippen MR) is 92.4 cm³/mol. The van der Waals surface area contributed by atoms with Gasteiger partial charge in [0, 0.05) is 5.56 Å². The van der Waals surface area contributed by atoms with Crippen LogP contribution < -0.4 is 4.87 Å². The molecule has 0 radical (unpaired) electrons. The highest BCUT2D eigenvalue weighted by molar-refractivity contribution is 7.22. The van der Waals surface area contributed by atoms with Gasteiger partial charge in [0.2, 0.25) is 0 Å². The molecular weight excluding hydrogens is 332 g/mol. The monoisotopic (exact) mass is 342 g/mol. The van der Waals surface area contributed by atoms with Crippen LogP contribution in [-0.2, 0) is 11.2 Å². The number of aromatic nitrogens is 2. The molecule has 0 aliphatic heterocycles. The quantitative estimate of drug-likeness (QED) is 0.597. The molecule has 2 heterocycles. The molecule has 0 amide bonds. The minimum Gasteiger partial charge on any atom is -0.481 e. The number of carboxylic acids is 1. The summed E-state index contributed by atoms with van der Waals surface area (Å²) in [6, 6.07) is 11.4. The number of benzene rings is 2. The Morgan fingerprint density at radius 1 is 1.17 bits per heavy atom. The van der Waals surface area contributed by atoms with Gasteiger partial charge in [-0.1, -0.05) is 23.5 Å². The fraction of sp³-hybridized carbons (Fsp3) is 0.0625. The first kappa shape index (κ1) is 14.1. The van der Waals surface area contributed by atoms with Gasteiger partial charge >= 0.3 is 10.8 Å². The van der Waals surface area contributed by atoms with Gasteiger partial charge in [-0.2, -0.15) is 0 Å². The molecule has 0 saturated carbocycles. The van der Waals surface area contributed by atoms with Gasteiger partial charge in [-0.15, -0.1) is 11.3 Å². The van der Waals surface area contributed by atoms with E-state index in [1.807, 2.05) is 24.3 Å². The molecule has 4 rings (SSSR count). The standard InChI is InChI=1S/C16H10N2O3S2/c19-13(20)7-8-5-9(14-12(6-8)23-16(21)18-14)15-17-10-3-1-2-4-11(10)22-15/h1-6H,7H2,(H,18,21)(H,19,20). The number of nitrogens with zero attached hydrogens (tertiary/aromatic N) is 1. The number of rotatable bonds is 3. The Kier molecular flexibility index (Phi) is 3.24. The largest absolute Gasteiger partial charge is 0.481 e. The van der Waals surface area contributed by atoms with Crippen molar-refractivity contribution in [1.82, 2.24) is 9.97 Å². The summed E-state index contributed by atoms with van der Waals surface area (Å²) in [4.78, 5) is 30.0. The molecule has 4 aromatic rings. The normalized spacial score (nSPS) is 11.3. The van der Waals surface area contributed by atoms with Crippen molar-refractivity contribution in [2.45, 2.75) is 6.42 Å². The summed E-state index contributed by atoms with van der Waals surface area (Å²) in [5.74, 6) is -0.900. The predicted octanol–water partition coefficient (Wildman–Crippen LogP) is 3.49. The van der Waals surface area contributed by atoms with Crippen molar-refractivity contribution < 1.29 is 9.90 Å². The van der Waals surface area contributed by atoms with Gasteiger partial charge in [0.15, 0.2) is 0 Å². The molecule has 23 heavy (non-hydrogen) atoms. The maximum atomic E-state index is 11.7. The van der Waals surface area contributed by atoms with Crippen LogP contribution in [0.4, 0.5) is 0 Å². The smallest absolute Gasteiger partial charge is 0.307 e. The molecule has 0 saturated heterocycles. The van der Waals surface area contributed by atoms with Gasteiger partial charge in [0.1, 0.15) is 5.01 Å². The van der Waals surface area contributed by atoms with E-state index in [0.29, 0.717) is 11.1 Å².